The quantitative estimate of drug-likeness (QED) is 0.555. The Morgan fingerprint density at radius 3 is 2.35 bits per heavy atom. The molecule has 4 rings (SSSR count). The van der Waals surface area contributed by atoms with Crippen molar-refractivity contribution in [1.82, 2.24) is 9.97 Å². The van der Waals surface area contributed by atoms with Crippen LogP contribution in [0, 0.1) is 6.92 Å². The van der Waals surface area contributed by atoms with Gasteiger partial charge in [0.2, 0.25) is 0 Å². The normalized spacial score (nSPS) is 10.8. The average Bonchev–Trinajstić information content (AvgIpc) is 2.92. The van der Waals surface area contributed by atoms with E-state index in [0.717, 1.165) is 33.8 Å². The van der Waals surface area contributed by atoms with Crippen LogP contribution < -0.4 is 4.74 Å². The molecule has 0 fully saturated rings. The van der Waals surface area contributed by atoms with Crippen molar-refractivity contribution < 1.29 is 4.74 Å². The first-order valence-corrected chi connectivity index (χ1v) is 7.58. The number of nitrogens with zero attached hydrogens (tertiary/aromatic N) is 1. The molecule has 3 heteroatoms. The first kappa shape index (κ1) is 13.6. The third-order valence-electron chi connectivity index (χ3n) is 3.88. The number of para-hydroxylation sites is 1. The van der Waals surface area contributed by atoms with Crippen molar-refractivity contribution >= 4 is 11.0 Å². The van der Waals surface area contributed by atoms with Crippen LogP contribution in [-0.4, -0.2) is 9.97 Å². The SMILES string of the molecule is Cc1[nH]c2ncccc2c1-c1ccc(Oc2ccccc2)cc1. The number of rotatable bonds is 3. The maximum atomic E-state index is 5.85. The number of H-pyrrole nitrogens is 1. The van der Waals surface area contributed by atoms with Gasteiger partial charge in [-0.25, -0.2) is 4.98 Å². The highest BCUT2D eigenvalue weighted by Gasteiger charge is 2.11. The molecule has 0 aliphatic heterocycles. The summed E-state index contributed by atoms with van der Waals surface area (Å²) in [5.74, 6) is 1.67. The van der Waals surface area contributed by atoms with Crippen molar-refractivity contribution in [2.45, 2.75) is 6.92 Å². The molecule has 0 amide bonds. The van der Waals surface area contributed by atoms with E-state index in [-0.39, 0.29) is 0 Å². The Labute approximate surface area is 134 Å². The fourth-order valence-corrected chi connectivity index (χ4v) is 2.84. The highest BCUT2D eigenvalue weighted by molar-refractivity contribution is 5.95. The first-order valence-electron chi connectivity index (χ1n) is 7.58. The number of aromatic amines is 1. The Balaban J connectivity index is 1.69. The molecule has 2 aromatic carbocycles. The van der Waals surface area contributed by atoms with Gasteiger partial charge in [0.1, 0.15) is 17.1 Å². The number of hydrogen-bond donors (Lipinski definition) is 1. The van der Waals surface area contributed by atoms with Crippen molar-refractivity contribution in [1.29, 1.82) is 0 Å². The molecule has 1 N–H and O–H groups in total. The lowest BCUT2D eigenvalue weighted by Crippen LogP contribution is -1.84. The lowest BCUT2D eigenvalue weighted by Gasteiger charge is -2.07. The molecule has 0 atom stereocenters. The van der Waals surface area contributed by atoms with Crippen LogP contribution in [0.5, 0.6) is 11.5 Å². The van der Waals surface area contributed by atoms with Crippen molar-refractivity contribution in [2.24, 2.45) is 0 Å². The van der Waals surface area contributed by atoms with Gasteiger partial charge in [-0.2, -0.15) is 0 Å². The van der Waals surface area contributed by atoms with E-state index in [0.29, 0.717) is 0 Å². The van der Waals surface area contributed by atoms with Gasteiger partial charge in [0, 0.05) is 22.8 Å². The van der Waals surface area contributed by atoms with E-state index in [2.05, 4.69) is 35.1 Å². The molecule has 4 aromatic rings. The van der Waals surface area contributed by atoms with Crippen LogP contribution in [-0.2, 0) is 0 Å². The van der Waals surface area contributed by atoms with Gasteiger partial charge in [-0.15, -0.1) is 0 Å². The van der Waals surface area contributed by atoms with Gasteiger partial charge in [0.15, 0.2) is 0 Å². The molecule has 0 radical (unpaired) electrons. The molecule has 112 valence electrons. The van der Waals surface area contributed by atoms with Gasteiger partial charge in [0.25, 0.3) is 0 Å². The van der Waals surface area contributed by atoms with E-state index >= 15 is 0 Å². The Morgan fingerprint density at radius 2 is 1.57 bits per heavy atom. The largest absolute Gasteiger partial charge is 0.457 e. The number of benzene rings is 2. The second-order valence-corrected chi connectivity index (χ2v) is 5.46. The summed E-state index contributed by atoms with van der Waals surface area (Å²) < 4.78 is 5.85. The van der Waals surface area contributed by atoms with E-state index in [1.54, 1.807) is 6.20 Å². The number of nitrogens with one attached hydrogen (secondary N) is 1. The van der Waals surface area contributed by atoms with Crippen LogP contribution in [0.2, 0.25) is 0 Å². The van der Waals surface area contributed by atoms with Crippen LogP contribution in [0.3, 0.4) is 0 Å². The lowest BCUT2D eigenvalue weighted by molar-refractivity contribution is 0.483. The summed E-state index contributed by atoms with van der Waals surface area (Å²) in [6.07, 6.45) is 1.80. The van der Waals surface area contributed by atoms with Gasteiger partial charge in [-0.1, -0.05) is 30.3 Å². The fourth-order valence-electron chi connectivity index (χ4n) is 2.84. The number of hydrogen-bond acceptors (Lipinski definition) is 2. The monoisotopic (exact) mass is 300 g/mol. The molecule has 0 saturated heterocycles. The van der Waals surface area contributed by atoms with Gasteiger partial charge < -0.3 is 9.72 Å². The average molecular weight is 300 g/mol. The van der Waals surface area contributed by atoms with Gasteiger partial charge in [-0.3, -0.25) is 0 Å². The van der Waals surface area contributed by atoms with Crippen molar-refractivity contribution in [2.75, 3.05) is 0 Å². The highest BCUT2D eigenvalue weighted by atomic mass is 16.5. The molecule has 0 aliphatic rings. The highest BCUT2D eigenvalue weighted by Crippen LogP contribution is 2.32. The van der Waals surface area contributed by atoms with Crippen LogP contribution in [0.1, 0.15) is 5.69 Å². The van der Waals surface area contributed by atoms with Crippen LogP contribution in [0.4, 0.5) is 0 Å². The van der Waals surface area contributed by atoms with Crippen molar-refractivity contribution in [3.05, 3.63) is 78.6 Å². The summed E-state index contributed by atoms with van der Waals surface area (Å²) in [6.45, 7) is 2.07. The van der Waals surface area contributed by atoms with E-state index in [1.807, 2.05) is 48.5 Å². The minimum absolute atomic E-state index is 0.829. The standard InChI is InChI=1S/C20H16N2O/c1-14-19(18-8-5-13-21-20(18)22-14)15-9-11-17(12-10-15)23-16-6-3-2-4-7-16/h2-13H,1H3,(H,21,22). The number of pyridine rings is 1. The molecule has 0 spiro atoms. The zero-order valence-electron chi connectivity index (χ0n) is 12.8. The van der Waals surface area contributed by atoms with Gasteiger partial charge >= 0.3 is 0 Å². The molecule has 0 unspecified atom stereocenters. The molecule has 2 heterocycles. The number of aromatic nitrogens is 2. The summed E-state index contributed by atoms with van der Waals surface area (Å²) in [6, 6.07) is 22.0. The van der Waals surface area contributed by atoms with E-state index in [1.165, 1.54) is 5.56 Å². The fraction of sp³-hybridized carbons (Fsp3) is 0.0500. The third-order valence-corrected chi connectivity index (χ3v) is 3.88. The number of fused-ring (bicyclic) bond motifs is 1. The molecular formula is C20H16N2O. The predicted octanol–water partition coefficient (Wildman–Crippen LogP) is 5.33. The molecule has 23 heavy (non-hydrogen) atoms. The minimum atomic E-state index is 0.829. The Hall–Kier alpha value is -3.07. The minimum Gasteiger partial charge on any atom is -0.457 e. The van der Waals surface area contributed by atoms with Crippen molar-refractivity contribution in [3.63, 3.8) is 0 Å². The Morgan fingerprint density at radius 1 is 0.826 bits per heavy atom. The molecule has 3 nitrogen and oxygen atoms in total. The molecule has 0 bridgehead atoms. The lowest BCUT2D eigenvalue weighted by atomic mass is 10.0. The third kappa shape index (κ3) is 2.57. The summed E-state index contributed by atoms with van der Waals surface area (Å²) in [5, 5.41) is 1.14. The smallest absolute Gasteiger partial charge is 0.138 e. The molecule has 0 saturated carbocycles. The van der Waals surface area contributed by atoms with Crippen LogP contribution in [0.15, 0.2) is 72.9 Å². The van der Waals surface area contributed by atoms with Crippen molar-refractivity contribution in [3.8, 4) is 22.6 Å². The van der Waals surface area contributed by atoms with Gasteiger partial charge in [0.05, 0.1) is 0 Å². The maximum absolute atomic E-state index is 5.85. The van der Waals surface area contributed by atoms with Crippen LogP contribution in [0.25, 0.3) is 22.2 Å². The first-order chi connectivity index (χ1) is 11.3. The summed E-state index contributed by atoms with van der Waals surface area (Å²) in [7, 11) is 0. The van der Waals surface area contributed by atoms with E-state index < -0.39 is 0 Å². The Kier molecular flexibility index (Phi) is 3.31. The summed E-state index contributed by atoms with van der Waals surface area (Å²) >= 11 is 0. The molecule has 2 aromatic heterocycles. The zero-order chi connectivity index (χ0) is 15.6. The molecular weight excluding hydrogens is 284 g/mol. The second kappa shape index (κ2) is 5.61. The topological polar surface area (TPSA) is 37.9 Å². The van der Waals surface area contributed by atoms with E-state index in [9.17, 15) is 0 Å². The number of ether oxygens (including phenoxy) is 1. The van der Waals surface area contributed by atoms with E-state index in [4.69, 9.17) is 4.74 Å². The van der Waals surface area contributed by atoms with Crippen LogP contribution >= 0.6 is 0 Å². The second-order valence-electron chi connectivity index (χ2n) is 5.46. The molecule has 0 aliphatic carbocycles. The zero-order valence-corrected chi connectivity index (χ0v) is 12.8. The van der Waals surface area contributed by atoms with Gasteiger partial charge in [-0.05, 0) is 48.9 Å². The number of aryl methyl sites for hydroxylation is 1. The maximum Gasteiger partial charge on any atom is 0.138 e. The summed E-state index contributed by atoms with van der Waals surface area (Å²) in [4.78, 5) is 7.72. The Bertz CT molecular complexity index is 940. The summed E-state index contributed by atoms with van der Waals surface area (Å²) in [5.41, 5.74) is 4.39. The predicted molar refractivity (Wildman–Crippen MR) is 92.8 cm³/mol.